The average Bonchev–Trinajstić information content (AvgIpc) is 2.37. The lowest BCUT2D eigenvalue weighted by Crippen LogP contribution is -2.43. The molecule has 0 saturated heterocycles. The summed E-state index contributed by atoms with van der Waals surface area (Å²) in [5.41, 5.74) is 0.942. The van der Waals surface area contributed by atoms with Crippen molar-refractivity contribution in [3.05, 3.63) is 28.5 Å². The number of hydrogen-bond donors (Lipinski definition) is 2. The van der Waals surface area contributed by atoms with Crippen LogP contribution in [-0.4, -0.2) is 41.7 Å². The van der Waals surface area contributed by atoms with Gasteiger partial charge in [-0.15, -0.1) is 0 Å². The number of amides is 1. The topological polar surface area (TPSA) is 88.5 Å². The summed E-state index contributed by atoms with van der Waals surface area (Å²) in [4.78, 5) is 27.1. The van der Waals surface area contributed by atoms with Gasteiger partial charge in [0, 0.05) is 18.4 Å². The molecule has 0 aliphatic heterocycles. The molecule has 0 radical (unpaired) electrons. The molecule has 7 heteroatoms. The fraction of sp³-hybridized carbons (Fsp3) is 0.462. The number of ether oxygens (including phenoxy) is 1. The Balaban J connectivity index is 2.94. The van der Waals surface area contributed by atoms with E-state index >= 15 is 0 Å². The van der Waals surface area contributed by atoms with E-state index in [-0.39, 0.29) is 23.2 Å². The summed E-state index contributed by atoms with van der Waals surface area (Å²) in [6.45, 7) is 3.73. The summed E-state index contributed by atoms with van der Waals surface area (Å²) < 4.78 is 4.75. The molecule has 1 atom stereocenters. The standard InChI is InChI=1S/C13H17ClN2O4/c1-7(2)9-4-8(5-11(14)15-9)12(17)16-10(6-20-3)13(18)19/h4-5,7,10H,6H2,1-3H3,(H,16,17)(H,18,19). The number of carboxylic acid groups (broad SMARTS) is 1. The van der Waals surface area contributed by atoms with Gasteiger partial charge in [0.25, 0.3) is 5.91 Å². The Hall–Kier alpha value is -1.66. The van der Waals surface area contributed by atoms with Crippen LogP contribution in [0, 0.1) is 0 Å². The number of pyridine rings is 1. The van der Waals surface area contributed by atoms with Crippen LogP contribution in [0.2, 0.25) is 5.15 Å². The second-order valence-electron chi connectivity index (χ2n) is 4.58. The molecule has 6 nitrogen and oxygen atoms in total. The van der Waals surface area contributed by atoms with Crippen molar-refractivity contribution in [3.63, 3.8) is 0 Å². The van der Waals surface area contributed by atoms with Crippen molar-refractivity contribution in [3.8, 4) is 0 Å². The molecule has 1 aromatic heterocycles. The summed E-state index contributed by atoms with van der Waals surface area (Å²) in [5.74, 6) is -1.58. The number of carbonyl (C=O) groups excluding carboxylic acids is 1. The highest BCUT2D eigenvalue weighted by molar-refractivity contribution is 6.29. The zero-order valence-corrected chi connectivity index (χ0v) is 12.3. The van der Waals surface area contributed by atoms with E-state index in [1.54, 1.807) is 6.07 Å². The van der Waals surface area contributed by atoms with E-state index in [1.807, 2.05) is 13.8 Å². The van der Waals surface area contributed by atoms with Gasteiger partial charge in [-0.1, -0.05) is 25.4 Å². The van der Waals surface area contributed by atoms with Gasteiger partial charge in [-0.3, -0.25) is 4.79 Å². The van der Waals surface area contributed by atoms with Crippen LogP contribution >= 0.6 is 11.6 Å². The van der Waals surface area contributed by atoms with Gasteiger partial charge >= 0.3 is 5.97 Å². The first kappa shape index (κ1) is 16.4. The van der Waals surface area contributed by atoms with E-state index < -0.39 is 17.9 Å². The molecule has 0 bridgehead atoms. The number of methoxy groups -OCH3 is 1. The van der Waals surface area contributed by atoms with E-state index in [2.05, 4.69) is 10.3 Å². The van der Waals surface area contributed by atoms with Crippen molar-refractivity contribution in [1.82, 2.24) is 10.3 Å². The summed E-state index contributed by atoms with van der Waals surface area (Å²) >= 11 is 5.87. The smallest absolute Gasteiger partial charge is 0.328 e. The predicted octanol–water partition coefficient (Wildman–Crippen LogP) is 1.69. The quantitative estimate of drug-likeness (QED) is 0.780. The van der Waals surface area contributed by atoms with Crippen LogP contribution in [0.25, 0.3) is 0 Å². The number of aromatic nitrogens is 1. The van der Waals surface area contributed by atoms with Crippen LogP contribution in [-0.2, 0) is 9.53 Å². The minimum atomic E-state index is -1.16. The van der Waals surface area contributed by atoms with Gasteiger partial charge in [0.1, 0.15) is 5.15 Å². The number of carboxylic acids is 1. The molecule has 20 heavy (non-hydrogen) atoms. The maximum absolute atomic E-state index is 12.0. The molecule has 0 fully saturated rings. The molecule has 1 amide bonds. The number of nitrogens with one attached hydrogen (secondary N) is 1. The van der Waals surface area contributed by atoms with Crippen LogP contribution in [0.15, 0.2) is 12.1 Å². The number of hydrogen-bond acceptors (Lipinski definition) is 4. The Morgan fingerprint density at radius 2 is 2.10 bits per heavy atom. The molecule has 0 saturated carbocycles. The first-order valence-electron chi connectivity index (χ1n) is 6.05. The Morgan fingerprint density at radius 1 is 1.45 bits per heavy atom. The minimum absolute atomic E-state index is 0.106. The first-order valence-corrected chi connectivity index (χ1v) is 6.43. The molecule has 1 unspecified atom stereocenters. The minimum Gasteiger partial charge on any atom is -0.480 e. The second-order valence-corrected chi connectivity index (χ2v) is 4.96. The number of aliphatic carboxylic acids is 1. The number of rotatable bonds is 6. The summed E-state index contributed by atoms with van der Waals surface area (Å²) in [6.07, 6.45) is 0. The van der Waals surface area contributed by atoms with Crippen LogP contribution in [0.5, 0.6) is 0 Å². The van der Waals surface area contributed by atoms with E-state index in [0.717, 1.165) is 0 Å². The van der Waals surface area contributed by atoms with E-state index in [9.17, 15) is 9.59 Å². The van der Waals surface area contributed by atoms with Gasteiger partial charge in [-0.2, -0.15) is 0 Å². The van der Waals surface area contributed by atoms with Gasteiger partial charge in [0.2, 0.25) is 0 Å². The third kappa shape index (κ3) is 4.47. The molecule has 1 aromatic rings. The van der Waals surface area contributed by atoms with Crippen LogP contribution in [0.4, 0.5) is 0 Å². The molecule has 2 N–H and O–H groups in total. The monoisotopic (exact) mass is 300 g/mol. The third-order valence-electron chi connectivity index (χ3n) is 2.60. The molecule has 0 aromatic carbocycles. The first-order chi connectivity index (χ1) is 9.35. The van der Waals surface area contributed by atoms with Crippen molar-refractivity contribution in [2.45, 2.75) is 25.8 Å². The van der Waals surface area contributed by atoms with Crippen molar-refractivity contribution in [2.75, 3.05) is 13.7 Å². The van der Waals surface area contributed by atoms with Gasteiger partial charge < -0.3 is 15.2 Å². The molecule has 0 aliphatic carbocycles. The predicted molar refractivity (Wildman–Crippen MR) is 74.1 cm³/mol. The number of carbonyl (C=O) groups is 2. The Kier molecular flexibility index (Phi) is 5.91. The second kappa shape index (κ2) is 7.21. The Bertz CT molecular complexity index is 505. The van der Waals surface area contributed by atoms with Crippen LogP contribution < -0.4 is 5.32 Å². The van der Waals surface area contributed by atoms with E-state index in [1.165, 1.54) is 13.2 Å². The maximum Gasteiger partial charge on any atom is 0.328 e. The molecule has 1 heterocycles. The maximum atomic E-state index is 12.0. The van der Waals surface area contributed by atoms with Gasteiger partial charge in [0.05, 0.1) is 6.61 Å². The molecular formula is C13H17ClN2O4. The van der Waals surface area contributed by atoms with Crippen molar-refractivity contribution in [1.29, 1.82) is 0 Å². The molecule has 0 aliphatic rings. The van der Waals surface area contributed by atoms with Crippen LogP contribution in [0.1, 0.15) is 35.8 Å². The highest BCUT2D eigenvalue weighted by Gasteiger charge is 2.21. The van der Waals surface area contributed by atoms with Gasteiger partial charge in [0.15, 0.2) is 6.04 Å². The highest BCUT2D eigenvalue weighted by atomic mass is 35.5. The SMILES string of the molecule is COCC(NC(=O)c1cc(Cl)nc(C(C)C)c1)C(=O)O. The number of halogens is 1. The van der Waals surface area contributed by atoms with Gasteiger partial charge in [-0.25, -0.2) is 9.78 Å². The summed E-state index contributed by atoms with van der Waals surface area (Å²) in [5, 5.41) is 11.5. The lowest BCUT2D eigenvalue weighted by Gasteiger charge is -2.14. The van der Waals surface area contributed by atoms with Crippen molar-refractivity contribution in [2.24, 2.45) is 0 Å². The van der Waals surface area contributed by atoms with Gasteiger partial charge in [-0.05, 0) is 18.1 Å². The van der Waals surface area contributed by atoms with Crippen molar-refractivity contribution >= 4 is 23.5 Å². The Labute approximate surface area is 122 Å². The van der Waals surface area contributed by atoms with E-state index in [4.69, 9.17) is 21.4 Å². The Morgan fingerprint density at radius 3 is 2.60 bits per heavy atom. The van der Waals surface area contributed by atoms with Crippen molar-refractivity contribution < 1.29 is 19.4 Å². The fourth-order valence-corrected chi connectivity index (χ4v) is 1.74. The number of nitrogens with zero attached hydrogens (tertiary/aromatic N) is 1. The zero-order valence-electron chi connectivity index (χ0n) is 11.5. The summed E-state index contributed by atoms with van der Waals surface area (Å²) in [6, 6.07) is 1.88. The lowest BCUT2D eigenvalue weighted by molar-refractivity contribution is -0.140. The fourth-order valence-electron chi connectivity index (χ4n) is 1.53. The molecule has 110 valence electrons. The molecule has 0 spiro atoms. The van der Waals surface area contributed by atoms with E-state index in [0.29, 0.717) is 5.69 Å². The largest absolute Gasteiger partial charge is 0.480 e. The average molecular weight is 301 g/mol. The normalized spacial score (nSPS) is 12.2. The highest BCUT2D eigenvalue weighted by Crippen LogP contribution is 2.17. The third-order valence-corrected chi connectivity index (χ3v) is 2.80. The zero-order chi connectivity index (χ0) is 15.3. The molecule has 1 rings (SSSR count). The molecular weight excluding hydrogens is 284 g/mol. The summed E-state index contributed by atoms with van der Waals surface area (Å²) in [7, 11) is 1.36. The lowest BCUT2D eigenvalue weighted by atomic mass is 10.1. The van der Waals surface area contributed by atoms with Crippen LogP contribution in [0.3, 0.4) is 0 Å².